The molecule has 2 N–H and O–H groups in total. The Morgan fingerprint density at radius 3 is 2.88 bits per heavy atom. The highest BCUT2D eigenvalue weighted by Crippen LogP contribution is 2.21. The number of carbonyl (C=O) groups excluding carboxylic acids is 1. The molecule has 1 aromatic heterocycles. The van der Waals surface area contributed by atoms with Gasteiger partial charge < -0.3 is 15.4 Å². The summed E-state index contributed by atoms with van der Waals surface area (Å²) in [5, 5.41) is 0. The van der Waals surface area contributed by atoms with E-state index in [0.717, 1.165) is 30.4 Å². The lowest BCUT2D eigenvalue weighted by molar-refractivity contribution is 0.0602. The molecule has 17 heavy (non-hydrogen) atoms. The summed E-state index contributed by atoms with van der Waals surface area (Å²) >= 11 is 1.93. The number of thioether (sulfide) groups is 1. The van der Waals surface area contributed by atoms with Crippen LogP contribution in [0, 0.1) is 0 Å². The van der Waals surface area contributed by atoms with Crippen molar-refractivity contribution in [2.75, 3.05) is 42.3 Å². The molecule has 1 fully saturated rings. The zero-order valence-electron chi connectivity index (χ0n) is 9.68. The summed E-state index contributed by atoms with van der Waals surface area (Å²) < 4.78 is 4.69. The predicted octanol–water partition coefficient (Wildman–Crippen LogP) is 1.00. The number of hydrogen-bond donors (Lipinski definition) is 1. The third-order valence-electron chi connectivity index (χ3n) is 2.66. The van der Waals surface area contributed by atoms with Gasteiger partial charge in [-0.3, -0.25) is 0 Å². The van der Waals surface area contributed by atoms with Gasteiger partial charge in [-0.1, -0.05) is 0 Å². The zero-order valence-corrected chi connectivity index (χ0v) is 10.5. The first-order valence-corrected chi connectivity index (χ1v) is 6.54. The molecule has 5 nitrogen and oxygen atoms in total. The van der Waals surface area contributed by atoms with Crippen molar-refractivity contribution in [2.45, 2.75) is 0 Å². The minimum atomic E-state index is -0.419. The third kappa shape index (κ3) is 2.63. The van der Waals surface area contributed by atoms with Crippen molar-refractivity contribution < 1.29 is 9.53 Å². The molecule has 0 unspecified atom stereocenters. The molecular weight excluding hydrogens is 238 g/mol. The number of rotatable bonds is 2. The van der Waals surface area contributed by atoms with Gasteiger partial charge in [-0.05, 0) is 6.07 Å². The number of ether oxygens (including phenoxy) is 1. The molecule has 0 aromatic carbocycles. The van der Waals surface area contributed by atoms with Crippen LogP contribution < -0.4 is 10.6 Å². The molecule has 1 saturated heterocycles. The quantitative estimate of drug-likeness (QED) is 0.793. The summed E-state index contributed by atoms with van der Waals surface area (Å²) in [6.45, 7) is 1.89. The smallest absolute Gasteiger partial charge is 0.340 e. The van der Waals surface area contributed by atoms with Crippen molar-refractivity contribution in [3.8, 4) is 0 Å². The van der Waals surface area contributed by atoms with Gasteiger partial charge in [-0.15, -0.1) is 0 Å². The molecule has 0 aliphatic carbocycles. The van der Waals surface area contributed by atoms with Crippen molar-refractivity contribution in [2.24, 2.45) is 0 Å². The fourth-order valence-corrected chi connectivity index (χ4v) is 2.61. The van der Waals surface area contributed by atoms with E-state index in [9.17, 15) is 4.79 Å². The van der Waals surface area contributed by atoms with Gasteiger partial charge in [0.15, 0.2) is 0 Å². The third-order valence-corrected chi connectivity index (χ3v) is 3.60. The molecular formula is C11H15N3O2S. The number of pyridine rings is 1. The second-order valence-corrected chi connectivity index (χ2v) is 4.95. The van der Waals surface area contributed by atoms with E-state index in [1.54, 1.807) is 6.07 Å². The van der Waals surface area contributed by atoms with E-state index in [2.05, 4.69) is 9.88 Å². The molecule has 2 rings (SSSR count). The van der Waals surface area contributed by atoms with Gasteiger partial charge in [0.2, 0.25) is 0 Å². The van der Waals surface area contributed by atoms with Gasteiger partial charge in [0.05, 0.1) is 24.6 Å². The molecule has 1 aromatic rings. The van der Waals surface area contributed by atoms with E-state index in [1.807, 2.05) is 11.8 Å². The number of methoxy groups -OCH3 is 1. The van der Waals surface area contributed by atoms with Gasteiger partial charge in [-0.2, -0.15) is 11.8 Å². The maximum Gasteiger partial charge on any atom is 0.340 e. The van der Waals surface area contributed by atoms with Crippen LogP contribution in [0.25, 0.3) is 0 Å². The maximum absolute atomic E-state index is 11.5. The molecule has 0 saturated carbocycles. The molecule has 2 heterocycles. The Morgan fingerprint density at radius 2 is 2.24 bits per heavy atom. The highest BCUT2D eigenvalue weighted by molar-refractivity contribution is 7.99. The monoisotopic (exact) mass is 253 g/mol. The Hall–Kier alpha value is -1.43. The first kappa shape index (κ1) is 12.0. The highest BCUT2D eigenvalue weighted by Gasteiger charge is 2.16. The molecule has 0 spiro atoms. The fourth-order valence-electron chi connectivity index (χ4n) is 1.71. The Morgan fingerprint density at radius 1 is 1.53 bits per heavy atom. The molecule has 0 radical (unpaired) electrons. The topological polar surface area (TPSA) is 68.5 Å². The van der Waals surface area contributed by atoms with Gasteiger partial charge in [-0.25, -0.2) is 9.78 Å². The average molecular weight is 253 g/mol. The van der Waals surface area contributed by atoms with E-state index < -0.39 is 5.97 Å². The Balaban J connectivity index is 2.26. The number of aromatic nitrogens is 1. The SMILES string of the molecule is COC(=O)c1cc(N2CCSCC2)ncc1N. The van der Waals surface area contributed by atoms with E-state index >= 15 is 0 Å². The summed E-state index contributed by atoms with van der Waals surface area (Å²) in [5.74, 6) is 2.54. The molecule has 0 bridgehead atoms. The van der Waals surface area contributed by atoms with Gasteiger partial charge in [0.1, 0.15) is 5.82 Å². The minimum absolute atomic E-state index is 0.354. The molecule has 0 amide bonds. The van der Waals surface area contributed by atoms with Crippen LogP contribution in [0.1, 0.15) is 10.4 Å². The van der Waals surface area contributed by atoms with Crippen LogP contribution >= 0.6 is 11.8 Å². The number of nitrogens with two attached hydrogens (primary N) is 1. The summed E-state index contributed by atoms with van der Waals surface area (Å²) in [7, 11) is 1.35. The summed E-state index contributed by atoms with van der Waals surface area (Å²) in [6, 6.07) is 1.71. The van der Waals surface area contributed by atoms with E-state index in [-0.39, 0.29) is 0 Å². The van der Waals surface area contributed by atoms with Crippen molar-refractivity contribution >= 4 is 29.2 Å². The van der Waals surface area contributed by atoms with Crippen LogP contribution in [0.5, 0.6) is 0 Å². The van der Waals surface area contributed by atoms with E-state index in [4.69, 9.17) is 10.5 Å². The van der Waals surface area contributed by atoms with Crippen molar-refractivity contribution in [1.82, 2.24) is 4.98 Å². The second kappa shape index (κ2) is 5.27. The standard InChI is InChI=1S/C11H15N3O2S/c1-16-11(15)8-6-10(13-7-9(8)12)14-2-4-17-5-3-14/h6-7H,2-5,12H2,1H3. The summed E-state index contributed by atoms with van der Waals surface area (Å²) in [4.78, 5) is 17.9. The van der Waals surface area contributed by atoms with Crippen LogP contribution in [0.3, 0.4) is 0 Å². The van der Waals surface area contributed by atoms with Crippen LogP contribution in [0.4, 0.5) is 11.5 Å². The largest absolute Gasteiger partial charge is 0.465 e. The van der Waals surface area contributed by atoms with Crippen LogP contribution in [0.15, 0.2) is 12.3 Å². The second-order valence-electron chi connectivity index (χ2n) is 3.72. The predicted molar refractivity (Wildman–Crippen MR) is 69.5 cm³/mol. The van der Waals surface area contributed by atoms with Crippen LogP contribution in [-0.4, -0.2) is 42.7 Å². The first-order valence-electron chi connectivity index (χ1n) is 5.39. The van der Waals surface area contributed by atoms with Crippen LogP contribution in [0.2, 0.25) is 0 Å². The van der Waals surface area contributed by atoms with Gasteiger partial charge in [0.25, 0.3) is 0 Å². The lowest BCUT2D eigenvalue weighted by atomic mass is 10.2. The number of esters is 1. The number of carbonyl (C=O) groups is 1. The van der Waals surface area contributed by atoms with Crippen molar-refractivity contribution in [3.05, 3.63) is 17.8 Å². The normalized spacial score (nSPS) is 15.7. The summed E-state index contributed by atoms with van der Waals surface area (Å²) in [5.41, 5.74) is 6.45. The maximum atomic E-state index is 11.5. The molecule has 6 heteroatoms. The number of nitrogen functional groups attached to an aromatic ring is 1. The minimum Gasteiger partial charge on any atom is -0.465 e. The number of anilines is 2. The average Bonchev–Trinajstić information content (AvgIpc) is 2.39. The number of nitrogens with zero attached hydrogens (tertiary/aromatic N) is 2. The molecule has 92 valence electrons. The van der Waals surface area contributed by atoms with Crippen molar-refractivity contribution in [3.63, 3.8) is 0 Å². The number of hydrogen-bond acceptors (Lipinski definition) is 6. The van der Waals surface area contributed by atoms with E-state index in [0.29, 0.717) is 11.3 Å². The molecule has 0 atom stereocenters. The fraction of sp³-hybridized carbons (Fsp3) is 0.455. The lowest BCUT2D eigenvalue weighted by Gasteiger charge is -2.27. The summed E-state index contributed by atoms with van der Waals surface area (Å²) in [6.07, 6.45) is 1.52. The Bertz CT molecular complexity index is 419. The first-order chi connectivity index (χ1) is 8.22. The van der Waals surface area contributed by atoms with Crippen molar-refractivity contribution in [1.29, 1.82) is 0 Å². The molecule has 1 aliphatic heterocycles. The Labute approximate surface area is 104 Å². The highest BCUT2D eigenvalue weighted by atomic mass is 32.2. The zero-order chi connectivity index (χ0) is 12.3. The lowest BCUT2D eigenvalue weighted by Crippen LogP contribution is -2.33. The molecule has 1 aliphatic rings. The van der Waals surface area contributed by atoms with Gasteiger partial charge in [0, 0.05) is 24.6 Å². The van der Waals surface area contributed by atoms with E-state index in [1.165, 1.54) is 13.3 Å². The van der Waals surface area contributed by atoms with Crippen LogP contribution in [-0.2, 0) is 4.74 Å². The van der Waals surface area contributed by atoms with Gasteiger partial charge >= 0.3 is 5.97 Å². The Kier molecular flexibility index (Phi) is 3.73.